The molecule has 7 nitrogen and oxygen atoms in total. The molecule has 2 aromatic carbocycles. The number of benzene rings is 2. The summed E-state index contributed by atoms with van der Waals surface area (Å²) in [5, 5.41) is 11.2. The molecule has 0 bridgehead atoms. The Hall–Kier alpha value is -3.32. The molecule has 0 spiro atoms. The van der Waals surface area contributed by atoms with Crippen LogP contribution in [-0.2, 0) is 9.59 Å². The van der Waals surface area contributed by atoms with Gasteiger partial charge in [-0.05, 0) is 58.3 Å². The van der Waals surface area contributed by atoms with Crippen molar-refractivity contribution in [1.82, 2.24) is 9.80 Å². The van der Waals surface area contributed by atoms with E-state index in [1.165, 1.54) is 4.90 Å². The summed E-state index contributed by atoms with van der Waals surface area (Å²) in [6.45, 7) is 4.73. The number of carbonyl (C=O) groups is 2. The highest BCUT2D eigenvalue weighted by molar-refractivity contribution is 6.46. The Morgan fingerprint density at radius 1 is 1.09 bits per heavy atom. The van der Waals surface area contributed by atoms with E-state index in [4.69, 9.17) is 9.47 Å². The standard InChI is InChI=1S/C25H30N2O5/c1-16(2)32-20-9-7-6-8-19(20)22-21(23(28)17-10-12-18(31-5)13-11-17)24(29)25(30)27(22)15-14-26(3)4/h6-13,16,22,28H,14-15H2,1-5H3/b23-21-. The Bertz CT molecular complexity index is 1010. The number of ether oxygens (including phenoxy) is 2. The van der Waals surface area contributed by atoms with Crippen LogP contribution < -0.4 is 9.47 Å². The third-order valence-electron chi connectivity index (χ3n) is 5.27. The van der Waals surface area contributed by atoms with E-state index in [0.29, 0.717) is 35.7 Å². The Kier molecular flexibility index (Phi) is 7.20. The second kappa shape index (κ2) is 9.87. The molecular weight excluding hydrogens is 408 g/mol. The maximum absolute atomic E-state index is 13.1. The van der Waals surface area contributed by atoms with E-state index < -0.39 is 17.7 Å². The highest BCUT2D eigenvalue weighted by atomic mass is 16.5. The van der Waals surface area contributed by atoms with Crippen molar-refractivity contribution in [3.63, 3.8) is 0 Å². The van der Waals surface area contributed by atoms with E-state index in [9.17, 15) is 14.7 Å². The van der Waals surface area contributed by atoms with Crippen LogP contribution in [0.2, 0.25) is 0 Å². The number of hydrogen-bond donors (Lipinski definition) is 1. The maximum atomic E-state index is 13.1. The lowest BCUT2D eigenvalue weighted by atomic mass is 9.94. The van der Waals surface area contributed by atoms with Crippen LogP contribution >= 0.6 is 0 Å². The van der Waals surface area contributed by atoms with Gasteiger partial charge in [0, 0.05) is 24.2 Å². The number of carbonyl (C=O) groups excluding carboxylic acids is 2. The van der Waals surface area contributed by atoms with Gasteiger partial charge in [-0.2, -0.15) is 0 Å². The van der Waals surface area contributed by atoms with Gasteiger partial charge in [0.1, 0.15) is 17.3 Å². The summed E-state index contributed by atoms with van der Waals surface area (Å²) in [5.41, 5.74) is 1.15. The van der Waals surface area contributed by atoms with Gasteiger partial charge >= 0.3 is 0 Å². The molecule has 32 heavy (non-hydrogen) atoms. The molecular formula is C25H30N2O5. The largest absolute Gasteiger partial charge is 0.507 e. The summed E-state index contributed by atoms with van der Waals surface area (Å²) < 4.78 is 11.2. The first-order valence-electron chi connectivity index (χ1n) is 10.6. The lowest BCUT2D eigenvalue weighted by Crippen LogP contribution is -2.35. The number of aliphatic hydroxyl groups excluding tert-OH is 1. The molecule has 1 unspecified atom stereocenters. The molecule has 1 heterocycles. The van der Waals surface area contributed by atoms with E-state index in [-0.39, 0.29) is 17.4 Å². The van der Waals surface area contributed by atoms with Gasteiger partial charge in [-0.25, -0.2) is 0 Å². The van der Waals surface area contributed by atoms with Crippen molar-refractivity contribution < 1.29 is 24.2 Å². The second-order valence-electron chi connectivity index (χ2n) is 8.23. The minimum absolute atomic E-state index is 0.0544. The van der Waals surface area contributed by atoms with Crippen LogP contribution in [0.25, 0.3) is 5.76 Å². The summed E-state index contributed by atoms with van der Waals surface area (Å²) in [6.07, 6.45) is -0.0956. The highest BCUT2D eigenvalue weighted by Crippen LogP contribution is 2.42. The molecule has 170 valence electrons. The molecule has 0 aliphatic carbocycles. The van der Waals surface area contributed by atoms with Gasteiger partial charge in [-0.15, -0.1) is 0 Å². The smallest absolute Gasteiger partial charge is 0.295 e. The van der Waals surface area contributed by atoms with E-state index in [1.807, 2.05) is 57.1 Å². The zero-order valence-corrected chi connectivity index (χ0v) is 19.2. The number of para-hydroxylation sites is 1. The summed E-state index contributed by atoms with van der Waals surface area (Å²) in [6, 6.07) is 13.3. The highest BCUT2D eigenvalue weighted by Gasteiger charge is 2.46. The number of nitrogens with zero attached hydrogens (tertiary/aromatic N) is 2. The predicted molar refractivity (Wildman–Crippen MR) is 123 cm³/mol. The van der Waals surface area contributed by atoms with Crippen LogP contribution in [0.5, 0.6) is 11.5 Å². The maximum Gasteiger partial charge on any atom is 0.295 e. The van der Waals surface area contributed by atoms with E-state index in [0.717, 1.165) is 0 Å². The summed E-state index contributed by atoms with van der Waals surface area (Å²) in [7, 11) is 5.36. The Morgan fingerprint density at radius 2 is 1.75 bits per heavy atom. The predicted octanol–water partition coefficient (Wildman–Crippen LogP) is 3.47. The number of ketones is 1. The Labute approximate surface area is 188 Å². The van der Waals surface area contributed by atoms with Crippen LogP contribution in [0.15, 0.2) is 54.1 Å². The molecule has 7 heteroatoms. The first-order chi connectivity index (χ1) is 15.2. The zero-order chi connectivity index (χ0) is 23.4. The van der Waals surface area contributed by atoms with Gasteiger partial charge in [0.05, 0.1) is 24.8 Å². The zero-order valence-electron chi connectivity index (χ0n) is 19.2. The number of hydrogen-bond acceptors (Lipinski definition) is 6. The van der Waals surface area contributed by atoms with E-state index in [1.54, 1.807) is 31.4 Å². The SMILES string of the molecule is COc1ccc(/C(O)=C2/C(=O)C(=O)N(CCN(C)C)C2c2ccccc2OC(C)C)cc1. The number of likely N-dealkylation sites (N-methyl/N-ethyl adjacent to an activating group) is 1. The quantitative estimate of drug-likeness (QED) is 0.386. The molecule has 1 amide bonds. The first-order valence-corrected chi connectivity index (χ1v) is 10.6. The number of Topliss-reactive ketones (excluding diaryl/α,β-unsaturated/α-hetero) is 1. The van der Waals surface area contributed by atoms with Gasteiger partial charge in [0.25, 0.3) is 11.7 Å². The lowest BCUT2D eigenvalue weighted by molar-refractivity contribution is -0.140. The molecule has 1 saturated heterocycles. The summed E-state index contributed by atoms with van der Waals surface area (Å²) in [4.78, 5) is 29.6. The third-order valence-corrected chi connectivity index (χ3v) is 5.27. The third kappa shape index (κ3) is 4.78. The van der Waals surface area contributed by atoms with Crippen LogP contribution in [0.3, 0.4) is 0 Å². The normalized spacial score (nSPS) is 18.0. The van der Waals surface area contributed by atoms with Crippen molar-refractivity contribution in [2.45, 2.75) is 26.0 Å². The Morgan fingerprint density at radius 3 is 2.34 bits per heavy atom. The average molecular weight is 439 g/mol. The van der Waals surface area contributed by atoms with Crippen molar-refractivity contribution in [2.24, 2.45) is 0 Å². The molecule has 1 aliphatic rings. The van der Waals surface area contributed by atoms with Crippen molar-refractivity contribution in [3.8, 4) is 11.5 Å². The van der Waals surface area contributed by atoms with Crippen LogP contribution in [0.1, 0.15) is 31.0 Å². The van der Waals surface area contributed by atoms with Gasteiger partial charge in [0.15, 0.2) is 0 Å². The van der Waals surface area contributed by atoms with Crippen molar-refractivity contribution >= 4 is 17.4 Å². The number of likely N-dealkylation sites (tertiary alicyclic amines) is 1. The summed E-state index contributed by atoms with van der Waals surface area (Å²) >= 11 is 0. The van der Waals surface area contributed by atoms with Crippen molar-refractivity contribution in [1.29, 1.82) is 0 Å². The van der Waals surface area contributed by atoms with E-state index in [2.05, 4.69) is 0 Å². The topological polar surface area (TPSA) is 79.3 Å². The van der Waals surface area contributed by atoms with Gasteiger partial charge in [0.2, 0.25) is 0 Å². The molecule has 0 saturated carbocycles. The molecule has 3 rings (SSSR count). The van der Waals surface area contributed by atoms with Crippen LogP contribution in [0, 0.1) is 0 Å². The molecule has 0 aromatic heterocycles. The first kappa shape index (κ1) is 23.3. The number of amides is 1. The van der Waals surface area contributed by atoms with Crippen molar-refractivity contribution in [2.75, 3.05) is 34.3 Å². The lowest BCUT2D eigenvalue weighted by Gasteiger charge is -2.28. The van der Waals surface area contributed by atoms with Gasteiger partial charge in [-0.3, -0.25) is 9.59 Å². The molecule has 1 N–H and O–H groups in total. The fourth-order valence-corrected chi connectivity index (χ4v) is 3.71. The molecule has 0 radical (unpaired) electrons. The minimum atomic E-state index is -0.757. The number of aliphatic hydroxyl groups is 1. The molecule has 1 fully saturated rings. The van der Waals surface area contributed by atoms with Gasteiger partial charge in [-0.1, -0.05) is 18.2 Å². The van der Waals surface area contributed by atoms with Crippen LogP contribution in [-0.4, -0.2) is 67.0 Å². The fourth-order valence-electron chi connectivity index (χ4n) is 3.71. The van der Waals surface area contributed by atoms with Gasteiger partial charge < -0.3 is 24.4 Å². The van der Waals surface area contributed by atoms with E-state index >= 15 is 0 Å². The van der Waals surface area contributed by atoms with Crippen LogP contribution in [0.4, 0.5) is 0 Å². The average Bonchev–Trinajstić information content (AvgIpc) is 3.01. The molecule has 2 aromatic rings. The number of methoxy groups -OCH3 is 1. The molecule has 1 atom stereocenters. The number of rotatable bonds is 8. The second-order valence-corrected chi connectivity index (χ2v) is 8.23. The monoisotopic (exact) mass is 438 g/mol. The summed E-state index contributed by atoms with van der Waals surface area (Å²) in [5.74, 6) is -0.361. The minimum Gasteiger partial charge on any atom is -0.507 e. The van der Waals surface area contributed by atoms with Crippen molar-refractivity contribution in [3.05, 3.63) is 65.2 Å². The Balaban J connectivity index is 2.17. The molecule has 1 aliphatic heterocycles. The fraction of sp³-hybridized carbons (Fsp3) is 0.360.